The molecule has 0 aromatic carbocycles. The zero-order chi connectivity index (χ0) is 9.30. The first-order valence-corrected chi connectivity index (χ1v) is 3.81. The summed E-state index contributed by atoms with van der Waals surface area (Å²) in [6, 6.07) is 0. The van der Waals surface area contributed by atoms with Crippen molar-refractivity contribution in [1.82, 2.24) is 4.98 Å². The molecule has 0 N–H and O–H groups in total. The van der Waals surface area contributed by atoms with Crippen LogP contribution < -0.4 is 0 Å². The van der Waals surface area contributed by atoms with Gasteiger partial charge in [0.25, 0.3) is 6.43 Å². The molecule has 0 bridgehead atoms. The number of halogens is 3. The molecule has 0 saturated heterocycles. The van der Waals surface area contributed by atoms with Crippen molar-refractivity contribution >= 4 is 11.6 Å². The highest BCUT2D eigenvalue weighted by Gasteiger charge is 2.14. The molecule has 1 rings (SSSR count). The molecule has 0 spiro atoms. The van der Waals surface area contributed by atoms with Crippen molar-refractivity contribution < 1.29 is 8.78 Å². The number of aromatic nitrogens is 1. The van der Waals surface area contributed by atoms with Crippen molar-refractivity contribution in [1.29, 1.82) is 0 Å². The predicted octanol–water partition coefficient (Wildman–Crippen LogP) is 3.29. The highest BCUT2D eigenvalue weighted by molar-refractivity contribution is 6.32. The molecule has 66 valence electrons. The molecule has 4 heteroatoms. The number of alkyl halides is 2. The Labute approximate surface area is 74.4 Å². The zero-order valence-corrected chi connectivity index (χ0v) is 7.49. The summed E-state index contributed by atoms with van der Waals surface area (Å²) in [7, 11) is 0. The second kappa shape index (κ2) is 3.35. The maximum atomic E-state index is 12.2. The molecule has 0 amide bonds. The molecule has 0 radical (unpaired) electrons. The predicted molar refractivity (Wildman–Crippen MR) is 43.7 cm³/mol. The quantitative estimate of drug-likeness (QED) is 0.664. The van der Waals surface area contributed by atoms with Gasteiger partial charge in [0.2, 0.25) is 0 Å². The highest BCUT2D eigenvalue weighted by atomic mass is 35.5. The number of pyridine rings is 1. The average molecular weight is 192 g/mol. The van der Waals surface area contributed by atoms with Crippen molar-refractivity contribution in [2.45, 2.75) is 20.3 Å². The van der Waals surface area contributed by atoms with E-state index in [9.17, 15) is 8.78 Å². The maximum absolute atomic E-state index is 12.2. The Morgan fingerprint density at radius 1 is 1.42 bits per heavy atom. The zero-order valence-electron chi connectivity index (χ0n) is 6.74. The lowest BCUT2D eigenvalue weighted by Gasteiger charge is -2.07. The first-order chi connectivity index (χ1) is 5.54. The van der Waals surface area contributed by atoms with Gasteiger partial charge in [0, 0.05) is 11.8 Å². The lowest BCUT2D eigenvalue weighted by Crippen LogP contribution is -1.95. The lowest BCUT2D eigenvalue weighted by atomic mass is 10.1. The minimum atomic E-state index is -2.50. The third kappa shape index (κ3) is 1.55. The number of nitrogens with zero attached hydrogens (tertiary/aromatic N) is 1. The van der Waals surface area contributed by atoms with E-state index < -0.39 is 6.43 Å². The summed E-state index contributed by atoms with van der Waals surface area (Å²) in [4.78, 5) is 3.75. The summed E-state index contributed by atoms with van der Waals surface area (Å²) >= 11 is 5.73. The van der Waals surface area contributed by atoms with Crippen LogP contribution in [0.4, 0.5) is 8.78 Å². The largest absolute Gasteiger partial charge is 0.265 e. The molecule has 1 nitrogen and oxygen atoms in total. The van der Waals surface area contributed by atoms with E-state index in [1.165, 1.54) is 6.20 Å². The van der Waals surface area contributed by atoms with Crippen molar-refractivity contribution in [3.8, 4) is 0 Å². The summed E-state index contributed by atoms with van der Waals surface area (Å²) in [6.45, 7) is 3.25. The van der Waals surface area contributed by atoms with Crippen LogP contribution in [0.5, 0.6) is 0 Å². The molecule has 0 fully saturated rings. The SMILES string of the molecule is Cc1ncc(C(F)F)c(C)c1Cl. The Morgan fingerprint density at radius 2 is 2.00 bits per heavy atom. The fourth-order valence-corrected chi connectivity index (χ4v) is 1.10. The van der Waals surface area contributed by atoms with E-state index in [0.29, 0.717) is 16.3 Å². The van der Waals surface area contributed by atoms with Crippen molar-refractivity contribution in [3.05, 3.63) is 28.0 Å². The van der Waals surface area contributed by atoms with E-state index in [2.05, 4.69) is 4.98 Å². The van der Waals surface area contributed by atoms with E-state index in [-0.39, 0.29) is 5.56 Å². The fraction of sp³-hybridized carbons (Fsp3) is 0.375. The molecule has 0 unspecified atom stereocenters. The van der Waals surface area contributed by atoms with Gasteiger partial charge in [0.1, 0.15) is 0 Å². The van der Waals surface area contributed by atoms with E-state index in [0.717, 1.165) is 0 Å². The van der Waals surface area contributed by atoms with Gasteiger partial charge in [-0.25, -0.2) is 8.78 Å². The van der Waals surface area contributed by atoms with E-state index in [4.69, 9.17) is 11.6 Å². The standard InChI is InChI=1S/C8H8ClF2N/c1-4-6(8(10)11)3-12-5(2)7(4)9/h3,8H,1-2H3. The van der Waals surface area contributed by atoms with Crippen LogP contribution in [0.2, 0.25) is 5.02 Å². The van der Waals surface area contributed by atoms with Crippen LogP contribution in [0.1, 0.15) is 23.2 Å². The van der Waals surface area contributed by atoms with Crippen LogP contribution in [0.3, 0.4) is 0 Å². The number of hydrogen-bond acceptors (Lipinski definition) is 1. The molecular weight excluding hydrogens is 184 g/mol. The second-order valence-electron chi connectivity index (χ2n) is 2.54. The molecule has 1 heterocycles. The van der Waals surface area contributed by atoms with E-state index >= 15 is 0 Å². The van der Waals surface area contributed by atoms with Crippen molar-refractivity contribution in [2.24, 2.45) is 0 Å². The number of rotatable bonds is 1. The fourth-order valence-electron chi connectivity index (χ4n) is 0.938. The normalized spacial score (nSPS) is 10.8. The number of aryl methyl sites for hydroxylation is 1. The summed E-state index contributed by atoms with van der Waals surface area (Å²) < 4.78 is 24.5. The van der Waals surface area contributed by atoms with Crippen LogP contribution in [-0.4, -0.2) is 4.98 Å². The van der Waals surface area contributed by atoms with Crippen molar-refractivity contribution in [3.63, 3.8) is 0 Å². The first-order valence-electron chi connectivity index (χ1n) is 3.43. The minimum Gasteiger partial charge on any atom is -0.260 e. The van der Waals surface area contributed by atoms with E-state index in [1.54, 1.807) is 13.8 Å². The van der Waals surface area contributed by atoms with Gasteiger partial charge < -0.3 is 0 Å². The molecular formula is C8H8ClF2N. The van der Waals surface area contributed by atoms with Gasteiger partial charge in [0.05, 0.1) is 10.7 Å². The molecule has 0 saturated carbocycles. The topological polar surface area (TPSA) is 12.9 Å². The molecule has 0 aliphatic rings. The van der Waals surface area contributed by atoms with Gasteiger partial charge in [-0.2, -0.15) is 0 Å². The van der Waals surface area contributed by atoms with Gasteiger partial charge in [-0.3, -0.25) is 4.98 Å². The van der Waals surface area contributed by atoms with Gasteiger partial charge in [-0.1, -0.05) is 11.6 Å². The maximum Gasteiger partial charge on any atom is 0.265 e. The van der Waals surface area contributed by atoms with Gasteiger partial charge in [0.15, 0.2) is 0 Å². The molecule has 1 aromatic rings. The molecule has 12 heavy (non-hydrogen) atoms. The van der Waals surface area contributed by atoms with Gasteiger partial charge in [-0.15, -0.1) is 0 Å². The Kier molecular flexibility index (Phi) is 2.62. The average Bonchev–Trinajstić information content (AvgIpc) is 2.00. The Hall–Kier alpha value is -0.700. The van der Waals surface area contributed by atoms with E-state index in [1.807, 2.05) is 0 Å². The molecule has 0 aliphatic carbocycles. The highest BCUT2D eigenvalue weighted by Crippen LogP contribution is 2.28. The Bertz CT molecular complexity index is 299. The minimum absolute atomic E-state index is 0.0920. The second-order valence-corrected chi connectivity index (χ2v) is 2.92. The summed E-state index contributed by atoms with van der Waals surface area (Å²) in [5.74, 6) is 0. The van der Waals surface area contributed by atoms with Gasteiger partial charge >= 0.3 is 0 Å². The Morgan fingerprint density at radius 3 is 2.50 bits per heavy atom. The summed E-state index contributed by atoms with van der Waals surface area (Å²) in [5, 5.41) is 0.327. The summed E-state index contributed by atoms with van der Waals surface area (Å²) in [6.07, 6.45) is -1.34. The molecule has 1 aromatic heterocycles. The summed E-state index contributed by atoms with van der Waals surface area (Å²) in [5.41, 5.74) is 0.906. The van der Waals surface area contributed by atoms with Crippen LogP contribution in [0.15, 0.2) is 6.20 Å². The van der Waals surface area contributed by atoms with Crippen LogP contribution >= 0.6 is 11.6 Å². The number of hydrogen-bond donors (Lipinski definition) is 0. The van der Waals surface area contributed by atoms with Crippen LogP contribution in [0.25, 0.3) is 0 Å². The van der Waals surface area contributed by atoms with Crippen LogP contribution in [0, 0.1) is 13.8 Å². The lowest BCUT2D eigenvalue weighted by molar-refractivity contribution is 0.150. The van der Waals surface area contributed by atoms with Crippen molar-refractivity contribution in [2.75, 3.05) is 0 Å². The third-order valence-electron chi connectivity index (χ3n) is 1.71. The third-order valence-corrected chi connectivity index (χ3v) is 2.27. The smallest absolute Gasteiger partial charge is 0.260 e. The van der Waals surface area contributed by atoms with Gasteiger partial charge in [-0.05, 0) is 19.4 Å². The molecule has 0 aliphatic heterocycles. The Balaban J connectivity index is 3.27. The first kappa shape index (κ1) is 9.39. The monoisotopic (exact) mass is 191 g/mol. The van der Waals surface area contributed by atoms with Crippen LogP contribution in [-0.2, 0) is 0 Å². The molecule has 0 atom stereocenters.